The SMILES string of the molecule is Cc1cc(I)ccc1NC(=O)[C@@H]1CCCN1C(=O)Oc1ccccc1. The molecule has 1 saturated heterocycles. The van der Waals surface area contributed by atoms with Crippen LogP contribution in [0.2, 0.25) is 0 Å². The molecule has 5 nitrogen and oxygen atoms in total. The third kappa shape index (κ3) is 4.31. The molecule has 2 aromatic rings. The maximum atomic E-state index is 12.7. The van der Waals surface area contributed by atoms with Gasteiger partial charge >= 0.3 is 6.09 Å². The second kappa shape index (κ2) is 7.86. The van der Waals surface area contributed by atoms with Crippen LogP contribution < -0.4 is 10.1 Å². The Labute approximate surface area is 160 Å². The number of carbonyl (C=O) groups excluding carboxylic acids is 2. The smallest absolute Gasteiger partial charge is 0.410 e. The first-order chi connectivity index (χ1) is 12.0. The second-order valence-electron chi connectivity index (χ2n) is 5.98. The molecule has 1 aliphatic rings. The van der Waals surface area contributed by atoms with Crippen LogP contribution in [0.3, 0.4) is 0 Å². The van der Waals surface area contributed by atoms with Crippen molar-refractivity contribution in [1.29, 1.82) is 0 Å². The molecular weight excluding hydrogens is 431 g/mol. The molecule has 0 saturated carbocycles. The van der Waals surface area contributed by atoms with Gasteiger partial charge in [0.25, 0.3) is 0 Å². The Balaban J connectivity index is 1.68. The van der Waals surface area contributed by atoms with E-state index in [2.05, 4.69) is 27.9 Å². The molecule has 2 amide bonds. The summed E-state index contributed by atoms with van der Waals surface area (Å²) in [5.41, 5.74) is 1.77. The molecule has 0 aliphatic carbocycles. The van der Waals surface area contributed by atoms with Gasteiger partial charge in [-0.3, -0.25) is 9.69 Å². The van der Waals surface area contributed by atoms with Crippen LogP contribution in [0, 0.1) is 10.5 Å². The minimum atomic E-state index is -0.505. The molecule has 0 aromatic heterocycles. The van der Waals surface area contributed by atoms with Crippen LogP contribution in [0.15, 0.2) is 48.5 Å². The van der Waals surface area contributed by atoms with Crippen LogP contribution in [-0.2, 0) is 4.79 Å². The molecule has 0 unspecified atom stereocenters. The number of aryl methyl sites for hydroxylation is 1. The van der Waals surface area contributed by atoms with Gasteiger partial charge in [0.2, 0.25) is 5.91 Å². The Kier molecular flexibility index (Phi) is 5.57. The van der Waals surface area contributed by atoms with Gasteiger partial charge in [-0.25, -0.2) is 4.79 Å². The number of likely N-dealkylation sites (tertiary alicyclic amines) is 1. The predicted molar refractivity (Wildman–Crippen MR) is 105 cm³/mol. The summed E-state index contributed by atoms with van der Waals surface area (Å²) in [5, 5.41) is 2.94. The number of nitrogens with zero attached hydrogens (tertiary/aromatic N) is 1. The van der Waals surface area contributed by atoms with Crippen molar-refractivity contribution in [3.8, 4) is 5.75 Å². The number of benzene rings is 2. The molecule has 1 atom stereocenters. The van der Waals surface area contributed by atoms with Crippen molar-refractivity contribution in [2.45, 2.75) is 25.8 Å². The van der Waals surface area contributed by atoms with Crippen molar-refractivity contribution in [2.24, 2.45) is 0 Å². The lowest BCUT2D eigenvalue weighted by Crippen LogP contribution is -2.44. The fraction of sp³-hybridized carbons (Fsp3) is 0.263. The molecule has 0 spiro atoms. The quantitative estimate of drug-likeness (QED) is 0.714. The van der Waals surface area contributed by atoms with Crippen LogP contribution >= 0.6 is 22.6 Å². The van der Waals surface area contributed by atoms with E-state index in [0.29, 0.717) is 18.7 Å². The summed E-state index contributed by atoms with van der Waals surface area (Å²) in [6.45, 7) is 2.48. The van der Waals surface area contributed by atoms with E-state index in [1.54, 1.807) is 24.3 Å². The zero-order valence-electron chi connectivity index (χ0n) is 13.9. The number of halogens is 1. The molecule has 3 rings (SSSR count). The van der Waals surface area contributed by atoms with Crippen molar-refractivity contribution >= 4 is 40.3 Å². The van der Waals surface area contributed by atoms with Gasteiger partial charge < -0.3 is 10.1 Å². The molecule has 130 valence electrons. The van der Waals surface area contributed by atoms with E-state index < -0.39 is 12.1 Å². The van der Waals surface area contributed by atoms with Crippen molar-refractivity contribution in [3.63, 3.8) is 0 Å². The fourth-order valence-electron chi connectivity index (χ4n) is 2.89. The summed E-state index contributed by atoms with van der Waals surface area (Å²) in [5.74, 6) is 0.304. The summed E-state index contributed by atoms with van der Waals surface area (Å²) in [6.07, 6.45) is 0.940. The summed E-state index contributed by atoms with van der Waals surface area (Å²) in [4.78, 5) is 26.6. The van der Waals surface area contributed by atoms with Gasteiger partial charge in [0.05, 0.1) is 0 Å². The molecule has 2 aromatic carbocycles. The summed E-state index contributed by atoms with van der Waals surface area (Å²) >= 11 is 2.23. The van der Waals surface area contributed by atoms with E-state index in [1.807, 2.05) is 31.2 Å². The minimum absolute atomic E-state index is 0.174. The van der Waals surface area contributed by atoms with Crippen LogP contribution in [0.5, 0.6) is 5.75 Å². The molecule has 1 heterocycles. The number of ether oxygens (including phenoxy) is 1. The summed E-state index contributed by atoms with van der Waals surface area (Å²) in [7, 11) is 0. The average Bonchev–Trinajstić information content (AvgIpc) is 3.08. The van der Waals surface area contributed by atoms with Gasteiger partial charge in [0, 0.05) is 15.8 Å². The first-order valence-electron chi connectivity index (χ1n) is 8.15. The Morgan fingerprint density at radius 2 is 1.96 bits per heavy atom. The Hall–Kier alpha value is -2.09. The van der Waals surface area contributed by atoms with Crippen LogP contribution in [0.1, 0.15) is 18.4 Å². The van der Waals surface area contributed by atoms with Crippen LogP contribution in [-0.4, -0.2) is 29.5 Å². The zero-order chi connectivity index (χ0) is 17.8. The zero-order valence-corrected chi connectivity index (χ0v) is 16.0. The summed E-state index contributed by atoms with van der Waals surface area (Å²) < 4.78 is 6.49. The number of anilines is 1. The van der Waals surface area contributed by atoms with E-state index in [4.69, 9.17) is 4.74 Å². The Morgan fingerprint density at radius 3 is 2.68 bits per heavy atom. The van der Waals surface area contributed by atoms with Crippen LogP contribution in [0.4, 0.5) is 10.5 Å². The van der Waals surface area contributed by atoms with Gasteiger partial charge in [-0.2, -0.15) is 0 Å². The fourth-order valence-corrected chi connectivity index (χ4v) is 3.54. The highest BCUT2D eigenvalue weighted by Gasteiger charge is 2.35. The summed E-state index contributed by atoms with van der Waals surface area (Å²) in [6, 6.07) is 14.2. The van der Waals surface area contributed by atoms with Gasteiger partial charge in [0.15, 0.2) is 0 Å². The lowest BCUT2D eigenvalue weighted by Gasteiger charge is -2.23. The van der Waals surface area contributed by atoms with Gasteiger partial charge in [-0.15, -0.1) is 0 Å². The maximum Gasteiger partial charge on any atom is 0.415 e. The largest absolute Gasteiger partial charge is 0.415 e. The molecular formula is C19H19IN2O3. The minimum Gasteiger partial charge on any atom is -0.410 e. The van der Waals surface area contributed by atoms with E-state index in [9.17, 15) is 9.59 Å². The normalized spacial score (nSPS) is 16.6. The Morgan fingerprint density at radius 1 is 1.20 bits per heavy atom. The molecule has 1 aliphatic heterocycles. The standard InChI is InChI=1S/C19H19IN2O3/c1-13-12-14(20)9-10-16(13)21-18(23)17-8-5-11-22(17)19(24)25-15-6-3-2-4-7-15/h2-4,6-7,9-10,12,17H,5,8,11H2,1H3,(H,21,23)/t17-/m0/s1. The van der Waals surface area contributed by atoms with Crippen molar-refractivity contribution in [1.82, 2.24) is 4.90 Å². The first-order valence-corrected chi connectivity index (χ1v) is 9.23. The molecule has 0 bridgehead atoms. The lowest BCUT2D eigenvalue weighted by molar-refractivity contribution is -0.119. The second-order valence-corrected chi connectivity index (χ2v) is 7.23. The first kappa shape index (κ1) is 17.7. The van der Waals surface area contributed by atoms with E-state index in [1.165, 1.54) is 4.90 Å². The molecule has 0 radical (unpaired) electrons. The van der Waals surface area contributed by atoms with Gasteiger partial charge in [-0.1, -0.05) is 18.2 Å². The highest BCUT2D eigenvalue weighted by atomic mass is 127. The number of rotatable bonds is 3. The molecule has 25 heavy (non-hydrogen) atoms. The number of para-hydroxylation sites is 1. The van der Waals surface area contributed by atoms with Gasteiger partial charge in [-0.05, 0) is 78.3 Å². The lowest BCUT2D eigenvalue weighted by atomic mass is 10.1. The van der Waals surface area contributed by atoms with Crippen molar-refractivity contribution in [3.05, 3.63) is 57.7 Å². The van der Waals surface area contributed by atoms with Gasteiger partial charge in [0.1, 0.15) is 11.8 Å². The number of hydrogen-bond acceptors (Lipinski definition) is 3. The highest BCUT2D eigenvalue weighted by Crippen LogP contribution is 2.23. The van der Waals surface area contributed by atoms with E-state index >= 15 is 0 Å². The van der Waals surface area contributed by atoms with Crippen molar-refractivity contribution in [2.75, 3.05) is 11.9 Å². The highest BCUT2D eigenvalue weighted by molar-refractivity contribution is 14.1. The maximum absolute atomic E-state index is 12.7. The average molecular weight is 450 g/mol. The van der Waals surface area contributed by atoms with Crippen LogP contribution in [0.25, 0.3) is 0 Å². The number of carbonyl (C=O) groups is 2. The molecule has 6 heteroatoms. The Bertz CT molecular complexity index is 779. The third-order valence-electron chi connectivity index (χ3n) is 4.18. The third-order valence-corrected chi connectivity index (χ3v) is 4.86. The molecule has 1 fully saturated rings. The van der Waals surface area contributed by atoms with Crippen molar-refractivity contribution < 1.29 is 14.3 Å². The molecule has 1 N–H and O–H groups in total. The predicted octanol–water partition coefficient (Wildman–Crippen LogP) is 4.20. The number of nitrogens with one attached hydrogen (secondary N) is 1. The number of amides is 2. The number of hydrogen-bond donors (Lipinski definition) is 1. The van der Waals surface area contributed by atoms with E-state index in [-0.39, 0.29) is 5.91 Å². The monoisotopic (exact) mass is 450 g/mol. The topological polar surface area (TPSA) is 58.6 Å². The van der Waals surface area contributed by atoms with E-state index in [0.717, 1.165) is 21.2 Å².